The highest BCUT2D eigenvalue weighted by molar-refractivity contribution is 5.66. The molecule has 0 fully saturated rings. The van der Waals surface area contributed by atoms with Crippen molar-refractivity contribution in [2.24, 2.45) is 0 Å². The van der Waals surface area contributed by atoms with Crippen LogP contribution < -0.4 is 0 Å². The van der Waals surface area contributed by atoms with Crippen molar-refractivity contribution in [2.45, 2.75) is 96.8 Å². The maximum Gasteiger partial charge on any atom is 0.305 e. The van der Waals surface area contributed by atoms with Gasteiger partial charge in [0.05, 0.1) is 65.9 Å². The fourth-order valence-electron chi connectivity index (χ4n) is 3.36. The highest BCUT2D eigenvalue weighted by Gasteiger charge is 1.97. The van der Waals surface area contributed by atoms with Crippen LogP contribution in [0.3, 0.4) is 0 Å². The first kappa shape index (κ1) is 32.3. The first-order valence-electron chi connectivity index (χ1n) is 13.4. The van der Waals surface area contributed by atoms with Gasteiger partial charge in [0.15, 0.2) is 0 Å². The summed E-state index contributed by atoms with van der Waals surface area (Å²) in [6.07, 6.45) is 17.8. The van der Waals surface area contributed by atoms with E-state index in [-0.39, 0.29) is 13.0 Å². The quantitative estimate of drug-likeness (QED) is 0.140. The van der Waals surface area contributed by atoms with Crippen LogP contribution in [0.1, 0.15) is 96.8 Å². The number of hydrogen-bond donors (Lipinski definition) is 1. The molecule has 0 atom stereocenters. The van der Waals surface area contributed by atoms with E-state index in [0.29, 0.717) is 52.9 Å². The van der Waals surface area contributed by atoms with Crippen LogP contribution in [0.4, 0.5) is 0 Å². The van der Waals surface area contributed by atoms with Gasteiger partial charge >= 0.3 is 5.97 Å². The standard InChI is InChI=1S/C26H52O7/c1-2-3-4-5-6-7-8-9-10-11-12-13-14-16-29-18-20-31-22-24-33-25-23-32-21-19-30-17-15-26(27)28/h2-25H2,1H3,(H,27,28). The summed E-state index contributed by atoms with van der Waals surface area (Å²) in [5.41, 5.74) is 0. The Morgan fingerprint density at radius 3 is 1.12 bits per heavy atom. The molecule has 0 rings (SSSR count). The largest absolute Gasteiger partial charge is 0.481 e. The molecule has 0 bridgehead atoms. The zero-order valence-electron chi connectivity index (χ0n) is 21.4. The first-order valence-corrected chi connectivity index (χ1v) is 13.4. The zero-order chi connectivity index (χ0) is 24.1. The Bertz CT molecular complexity index is 380. The lowest BCUT2D eigenvalue weighted by molar-refractivity contribution is -0.138. The molecule has 0 radical (unpaired) electrons. The summed E-state index contributed by atoms with van der Waals surface area (Å²) in [7, 11) is 0. The third-order valence-electron chi connectivity index (χ3n) is 5.34. The molecule has 0 aromatic heterocycles. The molecule has 0 saturated carbocycles. The molecule has 0 aliphatic rings. The maximum absolute atomic E-state index is 10.3. The van der Waals surface area contributed by atoms with Gasteiger partial charge in [-0.05, 0) is 6.42 Å². The lowest BCUT2D eigenvalue weighted by Gasteiger charge is -2.08. The van der Waals surface area contributed by atoms with Gasteiger partial charge in [0.2, 0.25) is 0 Å². The SMILES string of the molecule is CCCCCCCCCCCCCCCOCCOCCOCCOCCOCCC(=O)O. The van der Waals surface area contributed by atoms with E-state index in [2.05, 4.69) is 6.92 Å². The Morgan fingerprint density at radius 1 is 0.455 bits per heavy atom. The Morgan fingerprint density at radius 2 is 0.758 bits per heavy atom. The van der Waals surface area contributed by atoms with Crippen LogP contribution >= 0.6 is 0 Å². The highest BCUT2D eigenvalue weighted by Crippen LogP contribution is 2.12. The monoisotopic (exact) mass is 476 g/mol. The first-order chi connectivity index (χ1) is 16.3. The van der Waals surface area contributed by atoms with Crippen molar-refractivity contribution >= 4 is 5.97 Å². The van der Waals surface area contributed by atoms with Crippen molar-refractivity contribution in [1.29, 1.82) is 0 Å². The molecule has 0 aromatic rings. The minimum Gasteiger partial charge on any atom is -0.481 e. The molecule has 0 amide bonds. The van der Waals surface area contributed by atoms with Crippen LogP contribution in [-0.4, -0.2) is 77.1 Å². The summed E-state index contributed by atoms with van der Waals surface area (Å²) < 4.78 is 27.0. The fraction of sp³-hybridized carbons (Fsp3) is 0.962. The van der Waals surface area contributed by atoms with Crippen molar-refractivity contribution < 1.29 is 33.6 Å². The van der Waals surface area contributed by atoms with Gasteiger partial charge in [-0.25, -0.2) is 0 Å². The summed E-state index contributed by atoms with van der Waals surface area (Å²) in [5.74, 6) is -0.854. The van der Waals surface area contributed by atoms with Gasteiger partial charge in [-0.1, -0.05) is 84.0 Å². The summed E-state index contributed by atoms with van der Waals surface area (Å²) >= 11 is 0. The van der Waals surface area contributed by atoms with E-state index in [1.54, 1.807) is 0 Å². The number of carboxylic acids is 1. The lowest BCUT2D eigenvalue weighted by Crippen LogP contribution is -2.13. The maximum atomic E-state index is 10.3. The molecule has 7 heteroatoms. The zero-order valence-corrected chi connectivity index (χ0v) is 21.4. The predicted octanol–water partition coefficient (Wildman–Crippen LogP) is 5.64. The molecule has 0 spiro atoms. The van der Waals surface area contributed by atoms with Gasteiger partial charge in [0.25, 0.3) is 0 Å². The third-order valence-corrected chi connectivity index (χ3v) is 5.34. The van der Waals surface area contributed by atoms with Gasteiger partial charge in [-0.2, -0.15) is 0 Å². The van der Waals surface area contributed by atoms with E-state index in [0.717, 1.165) is 13.0 Å². The lowest BCUT2D eigenvalue weighted by atomic mass is 10.0. The van der Waals surface area contributed by atoms with E-state index < -0.39 is 5.97 Å². The molecule has 0 unspecified atom stereocenters. The van der Waals surface area contributed by atoms with Crippen molar-refractivity contribution in [3.63, 3.8) is 0 Å². The van der Waals surface area contributed by atoms with E-state index in [1.807, 2.05) is 0 Å². The normalized spacial score (nSPS) is 11.3. The molecular formula is C26H52O7. The van der Waals surface area contributed by atoms with Crippen molar-refractivity contribution in [3.8, 4) is 0 Å². The van der Waals surface area contributed by atoms with E-state index in [4.69, 9.17) is 28.8 Å². The van der Waals surface area contributed by atoms with Crippen LogP contribution in [0.15, 0.2) is 0 Å². The van der Waals surface area contributed by atoms with Crippen LogP contribution in [0.25, 0.3) is 0 Å². The third kappa shape index (κ3) is 31.3. The van der Waals surface area contributed by atoms with E-state index in [1.165, 1.54) is 77.0 Å². The number of rotatable bonds is 29. The van der Waals surface area contributed by atoms with Gasteiger partial charge in [0.1, 0.15) is 0 Å². The minimum atomic E-state index is -0.854. The molecule has 1 N–H and O–H groups in total. The van der Waals surface area contributed by atoms with Crippen molar-refractivity contribution in [1.82, 2.24) is 0 Å². The second-order valence-corrected chi connectivity index (χ2v) is 8.45. The average Bonchev–Trinajstić information content (AvgIpc) is 2.80. The number of unbranched alkanes of at least 4 members (excludes halogenated alkanes) is 12. The van der Waals surface area contributed by atoms with Gasteiger partial charge < -0.3 is 28.8 Å². The smallest absolute Gasteiger partial charge is 0.305 e. The number of carboxylic acid groups (broad SMARTS) is 1. The van der Waals surface area contributed by atoms with Crippen LogP contribution in [0, 0.1) is 0 Å². The molecule has 7 nitrogen and oxygen atoms in total. The van der Waals surface area contributed by atoms with Gasteiger partial charge in [0, 0.05) is 6.61 Å². The van der Waals surface area contributed by atoms with Crippen LogP contribution in [0.5, 0.6) is 0 Å². The minimum absolute atomic E-state index is 0.0214. The fourth-order valence-corrected chi connectivity index (χ4v) is 3.36. The molecule has 198 valence electrons. The Labute approximate surface area is 202 Å². The number of carbonyl (C=O) groups is 1. The Balaban J connectivity index is 3.01. The number of aliphatic carboxylic acids is 1. The second-order valence-electron chi connectivity index (χ2n) is 8.45. The summed E-state index contributed by atoms with van der Waals surface area (Å²) in [6, 6.07) is 0. The van der Waals surface area contributed by atoms with Gasteiger partial charge in [-0.3, -0.25) is 4.79 Å². The van der Waals surface area contributed by atoms with Crippen LogP contribution in [-0.2, 0) is 28.5 Å². The molecule has 33 heavy (non-hydrogen) atoms. The van der Waals surface area contributed by atoms with Crippen LogP contribution in [0.2, 0.25) is 0 Å². The summed E-state index contributed by atoms with van der Waals surface area (Å²) in [6.45, 7) is 7.50. The number of hydrogen-bond acceptors (Lipinski definition) is 6. The molecule has 0 heterocycles. The topological polar surface area (TPSA) is 83.5 Å². The predicted molar refractivity (Wildman–Crippen MR) is 132 cm³/mol. The Kier molecular flexibility index (Phi) is 28.7. The van der Waals surface area contributed by atoms with E-state index in [9.17, 15) is 4.79 Å². The van der Waals surface area contributed by atoms with E-state index >= 15 is 0 Å². The molecule has 0 aliphatic heterocycles. The second kappa shape index (κ2) is 29.3. The van der Waals surface area contributed by atoms with Crippen molar-refractivity contribution in [2.75, 3.05) is 66.1 Å². The molecule has 0 saturated heterocycles. The molecule has 0 aromatic carbocycles. The average molecular weight is 477 g/mol. The summed E-state index contributed by atoms with van der Waals surface area (Å²) in [5, 5.41) is 8.47. The Hall–Kier alpha value is -0.730. The molecule has 0 aliphatic carbocycles. The highest BCUT2D eigenvalue weighted by atomic mass is 16.6. The van der Waals surface area contributed by atoms with Gasteiger partial charge in [-0.15, -0.1) is 0 Å². The number of ether oxygens (including phenoxy) is 5. The summed E-state index contributed by atoms with van der Waals surface area (Å²) in [4.78, 5) is 10.3. The molecular weight excluding hydrogens is 424 g/mol. The van der Waals surface area contributed by atoms with Crippen molar-refractivity contribution in [3.05, 3.63) is 0 Å².